The fourth-order valence-corrected chi connectivity index (χ4v) is 2.08. The Morgan fingerprint density at radius 3 is 3.00 bits per heavy atom. The van der Waals surface area contributed by atoms with Gasteiger partial charge in [0.25, 0.3) is 0 Å². The van der Waals surface area contributed by atoms with E-state index in [2.05, 4.69) is 10.1 Å². The monoisotopic (exact) mass is 223 g/mol. The summed E-state index contributed by atoms with van der Waals surface area (Å²) in [6, 6.07) is 1.54. The highest BCUT2D eigenvalue weighted by molar-refractivity contribution is 5.91. The molecule has 1 aromatic rings. The van der Waals surface area contributed by atoms with Crippen molar-refractivity contribution in [3.63, 3.8) is 0 Å². The number of hydrogen-bond acceptors (Lipinski definition) is 3. The summed E-state index contributed by atoms with van der Waals surface area (Å²) < 4.78 is 18.6. The number of ether oxygens (including phenoxy) is 1. The van der Waals surface area contributed by atoms with Gasteiger partial charge in [0.1, 0.15) is 5.82 Å². The number of rotatable bonds is 1. The molecule has 0 aliphatic carbocycles. The van der Waals surface area contributed by atoms with Crippen LogP contribution in [0.25, 0.3) is 0 Å². The number of anilines is 1. The Balaban J connectivity index is 2.58. The van der Waals surface area contributed by atoms with Crippen LogP contribution in [0.3, 0.4) is 0 Å². The van der Waals surface area contributed by atoms with Crippen molar-refractivity contribution < 1.29 is 13.9 Å². The van der Waals surface area contributed by atoms with Gasteiger partial charge in [-0.3, -0.25) is 0 Å². The molecule has 0 aromatic heterocycles. The summed E-state index contributed by atoms with van der Waals surface area (Å²) in [5.41, 5.74) is 2.35. The molecule has 0 atom stereocenters. The van der Waals surface area contributed by atoms with Gasteiger partial charge >= 0.3 is 5.97 Å². The van der Waals surface area contributed by atoms with Crippen molar-refractivity contribution in [1.29, 1.82) is 0 Å². The predicted molar refractivity (Wildman–Crippen MR) is 59.3 cm³/mol. The standard InChI is InChI=1S/C12H14FNO2/c1-7-6-9(12(15)16-2)10(13)8-4-3-5-14-11(7)8/h6,14H,3-5H2,1-2H3. The van der Waals surface area contributed by atoms with Crippen molar-refractivity contribution in [2.75, 3.05) is 19.0 Å². The van der Waals surface area contributed by atoms with Crippen molar-refractivity contribution in [3.05, 3.63) is 28.6 Å². The molecule has 4 heteroatoms. The Bertz CT molecular complexity index is 443. The van der Waals surface area contributed by atoms with Crippen molar-refractivity contribution in [2.45, 2.75) is 19.8 Å². The van der Waals surface area contributed by atoms with Gasteiger partial charge in [0.2, 0.25) is 0 Å². The first-order valence-corrected chi connectivity index (χ1v) is 5.29. The second-order valence-corrected chi connectivity index (χ2v) is 3.93. The Kier molecular flexibility index (Phi) is 2.81. The lowest BCUT2D eigenvalue weighted by atomic mass is 9.96. The molecule has 3 nitrogen and oxygen atoms in total. The quantitative estimate of drug-likeness (QED) is 0.742. The highest BCUT2D eigenvalue weighted by Crippen LogP contribution is 2.30. The van der Waals surface area contributed by atoms with Crippen LogP contribution in [0.15, 0.2) is 6.07 Å². The van der Waals surface area contributed by atoms with Crippen LogP contribution >= 0.6 is 0 Å². The largest absolute Gasteiger partial charge is 0.465 e. The maximum Gasteiger partial charge on any atom is 0.340 e. The molecule has 16 heavy (non-hydrogen) atoms. The minimum atomic E-state index is -0.617. The maximum atomic E-state index is 14.0. The van der Waals surface area contributed by atoms with Gasteiger partial charge < -0.3 is 10.1 Å². The molecular formula is C12H14FNO2. The van der Waals surface area contributed by atoms with Gasteiger partial charge in [-0.25, -0.2) is 9.18 Å². The SMILES string of the molecule is COC(=O)c1cc(C)c2c(c1F)CCCN2. The molecule has 0 fully saturated rings. The third-order valence-corrected chi connectivity index (χ3v) is 2.87. The molecule has 1 aromatic carbocycles. The first kappa shape index (κ1) is 10.9. The zero-order valence-electron chi connectivity index (χ0n) is 9.39. The fraction of sp³-hybridized carbons (Fsp3) is 0.417. The van der Waals surface area contributed by atoms with E-state index >= 15 is 0 Å². The van der Waals surface area contributed by atoms with Gasteiger partial charge in [0.05, 0.1) is 12.7 Å². The number of nitrogens with one attached hydrogen (secondary N) is 1. The van der Waals surface area contributed by atoms with Gasteiger partial charge in [-0.05, 0) is 31.4 Å². The molecule has 86 valence electrons. The van der Waals surface area contributed by atoms with Gasteiger partial charge in [0, 0.05) is 17.8 Å². The number of methoxy groups -OCH3 is 1. The summed E-state index contributed by atoms with van der Waals surface area (Å²) in [7, 11) is 1.26. The highest BCUT2D eigenvalue weighted by atomic mass is 19.1. The number of fused-ring (bicyclic) bond motifs is 1. The predicted octanol–water partition coefficient (Wildman–Crippen LogP) is 2.28. The van der Waals surface area contributed by atoms with Gasteiger partial charge in [-0.15, -0.1) is 0 Å². The zero-order chi connectivity index (χ0) is 11.7. The third kappa shape index (κ3) is 1.64. The third-order valence-electron chi connectivity index (χ3n) is 2.87. The van der Waals surface area contributed by atoms with E-state index in [-0.39, 0.29) is 5.56 Å². The minimum absolute atomic E-state index is 0.0300. The molecule has 1 heterocycles. The van der Waals surface area contributed by atoms with Crippen LogP contribution in [0, 0.1) is 12.7 Å². The number of benzene rings is 1. The molecule has 0 unspecified atom stereocenters. The van der Waals surface area contributed by atoms with Crippen LogP contribution in [-0.2, 0) is 11.2 Å². The van der Waals surface area contributed by atoms with E-state index in [1.807, 2.05) is 6.92 Å². The topological polar surface area (TPSA) is 38.3 Å². The van der Waals surface area contributed by atoms with Crippen LogP contribution in [-0.4, -0.2) is 19.6 Å². The van der Waals surface area contributed by atoms with Gasteiger partial charge in [-0.1, -0.05) is 0 Å². The van der Waals surface area contributed by atoms with E-state index in [0.29, 0.717) is 12.0 Å². The van der Waals surface area contributed by atoms with Gasteiger partial charge in [-0.2, -0.15) is 0 Å². The van der Waals surface area contributed by atoms with Crippen LogP contribution in [0.5, 0.6) is 0 Å². The van der Waals surface area contributed by atoms with Crippen LogP contribution in [0.1, 0.15) is 27.9 Å². The van der Waals surface area contributed by atoms with Crippen molar-refractivity contribution in [3.8, 4) is 0 Å². The van der Waals surface area contributed by atoms with E-state index in [0.717, 1.165) is 24.2 Å². The molecule has 0 saturated heterocycles. The molecule has 0 spiro atoms. The lowest BCUT2D eigenvalue weighted by Crippen LogP contribution is -2.17. The van der Waals surface area contributed by atoms with Crippen molar-refractivity contribution >= 4 is 11.7 Å². The number of carbonyl (C=O) groups excluding carboxylic acids is 1. The number of carbonyl (C=O) groups is 1. The average Bonchev–Trinajstić information content (AvgIpc) is 2.33. The first-order chi connectivity index (χ1) is 7.65. The Morgan fingerprint density at radius 1 is 1.56 bits per heavy atom. The smallest absolute Gasteiger partial charge is 0.340 e. The Hall–Kier alpha value is -1.58. The normalized spacial score (nSPS) is 13.9. The molecule has 2 rings (SSSR count). The minimum Gasteiger partial charge on any atom is -0.465 e. The number of hydrogen-bond donors (Lipinski definition) is 1. The Labute approximate surface area is 93.6 Å². The summed E-state index contributed by atoms with van der Waals surface area (Å²) in [5.74, 6) is -1.06. The molecule has 0 bridgehead atoms. The summed E-state index contributed by atoms with van der Waals surface area (Å²) in [4.78, 5) is 11.4. The summed E-state index contributed by atoms with van der Waals surface area (Å²) >= 11 is 0. The van der Waals surface area contributed by atoms with E-state index in [1.165, 1.54) is 7.11 Å². The molecule has 1 aliphatic heterocycles. The van der Waals surface area contributed by atoms with Crippen LogP contribution in [0.4, 0.5) is 10.1 Å². The molecule has 0 amide bonds. The van der Waals surface area contributed by atoms with E-state index in [4.69, 9.17) is 0 Å². The summed E-state index contributed by atoms with van der Waals surface area (Å²) in [5, 5.41) is 3.16. The number of esters is 1. The summed E-state index contributed by atoms with van der Waals surface area (Å²) in [6.45, 7) is 2.72. The summed E-state index contributed by atoms with van der Waals surface area (Å²) in [6.07, 6.45) is 1.55. The average molecular weight is 223 g/mol. The lowest BCUT2D eigenvalue weighted by Gasteiger charge is -2.21. The second kappa shape index (κ2) is 4.12. The second-order valence-electron chi connectivity index (χ2n) is 3.93. The van der Waals surface area contributed by atoms with Crippen molar-refractivity contribution in [2.24, 2.45) is 0 Å². The van der Waals surface area contributed by atoms with Crippen LogP contribution < -0.4 is 5.32 Å². The van der Waals surface area contributed by atoms with Crippen molar-refractivity contribution in [1.82, 2.24) is 0 Å². The maximum absolute atomic E-state index is 14.0. The van der Waals surface area contributed by atoms with Crippen LogP contribution in [0.2, 0.25) is 0 Å². The molecule has 0 saturated carbocycles. The van der Waals surface area contributed by atoms with E-state index < -0.39 is 11.8 Å². The molecule has 1 aliphatic rings. The highest BCUT2D eigenvalue weighted by Gasteiger charge is 2.22. The fourth-order valence-electron chi connectivity index (χ4n) is 2.08. The lowest BCUT2D eigenvalue weighted by molar-refractivity contribution is 0.0595. The number of aryl methyl sites for hydroxylation is 1. The zero-order valence-corrected chi connectivity index (χ0v) is 9.39. The van der Waals surface area contributed by atoms with E-state index in [9.17, 15) is 9.18 Å². The Morgan fingerprint density at radius 2 is 2.31 bits per heavy atom. The molecule has 1 N–H and O–H groups in total. The molecule has 0 radical (unpaired) electrons. The van der Waals surface area contributed by atoms with Gasteiger partial charge in [0.15, 0.2) is 0 Å². The first-order valence-electron chi connectivity index (χ1n) is 5.29. The van der Waals surface area contributed by atoms with E-state index in [1.54, 1.807) is 6.07 Å². The molecular weight excluding hydrogens is 209 g/mol. The number of halogens is 1.